The third kappa shape index (κ3) is 10.2. The van der Waals surface area contributed by atoms with Crippen molar-refractivity contribution in [3.05, 3.63) is 0 Å². The Hall–Kier alpha value is -0.200. The molecule has 4 atom stereocenters. The maximum atomic E-state index is 10.3. The molecule has 0 rings (SSSR count). The summed E-state index contributed by atoms with van der Waals surface area (Å²) in [5.74, 6) is 0. The monoisotopic (exact) mass is 390 g/mol. The lowest BCUT2D eigenvalue weighted by atomic mass is 9.79. The molecule has 0 aromatic heterocycles. The quantitative estimate of drug-likeness (QED) is 0.268. The molecule has 164 valence electrons. The summed E-state index contributed by atoms with van der Waals surface area (Å²) in [4.78, 5) is 0. The molecule has 0 bridgehead atoms. The number of ether oxygens (including phenoxy) is 1. The molecule has 4 unspecified atom stereocenters. The van der Waals surface area contributed by atoms with Crippen molar-refractivity contribution < 1.29 is 25.2 Å². The van der Waals surface area contributed by atoms with Crippen LogP contribution in [0, 0.1) is 10.8 Å². The molecule has 0 radical (unpaired) electrons. The Morgan fingerprint density at radius 3 is 1.37 bits per heavy atom. The van der Waals surface area contributed by atoms with E-state index >= 15 is 0 Å². The van der Waals surface area contributed by atoms with Crippen molar-refractivity contribution in [2.24, 2.45) is 10.8 Å². The summed E-state index contributed by atoms with van der Waals surface area (Å²) >= 11 is 0. The van der Waals surface area contributed by atoms with Gasteiger partial charge in [0.2, 0.25) is 0 Å². The van der Waals surface area contributed by atoms with Crippen LogP contribution in [-0.4, -0.2) is 59.1 Å². The minimum absolute atomic E-state index is 0.0257. The first-order valence-corrected chi connectivity index (χ1v) is 10.9. The Kier molecular flexibility index (Phi) is 14.6. The van der Waals surface area contributed by atoms with Crippen molar-refractivity contribution >= 4 is 0 Å². The zero-order valence-electron chi connectivity index (χ0n) is 18.3. The van der Waals surface area contributed by atoms with E-state index in [0.717, 1.165) is 51.4 Å². The van der Waals surface area contributed by atoms with Gasteiger partial charge < -0.3 is 25.2 Å². The first-order chi connectivity index (χ1) is 12.8. The minimum atomic E-state index is -0.465. The highest BCUT2D eigenvalue weighted by molar-refractivity contribution is 4.82. The highest BCUT2D eigenvalue weighted by atomic mass is 16.5. The average molecular weight is 391 g/mol. The highest BCUT2D eigenvalue weighted by Crippen LogP contribution is 2.31. The number of hydrogen-bond donors (Lipinski definition) is 4. The SMILES string of the molecule is CCCC(C)(CO)C(O)CCCCOCCCCC(O)C(C)(CO)CCC. The third-order valence-electron chi connectivity index (χ3n) is 6.01. The van der Waals surface area contributed by atoms with E-state index in [2.05, 4.69) is 13.8 Å². The van der Waals surface area contributed by atoms with Gasteiger partial charge in [-0.25, -0.2) is 0 Å². The molecular formula is C22H46O5. The summed E-state index contributed by atoms with van der Waals surface area (Å²) in [6.45, 7) is 9.47. The average Bonchev–Trinajstić information content (AvgIpc) is 2.66. The van der Waals surface area contributed by atoms with Crippen LogP contribution in [0.1, 0.15) is 91.9 Å². The van der Waals surface area contributed by atoms with E-state index < -0.39 is 23.0 Å². The lowest BCUT2D eigenvalue weighted by Crippen LogP contribution is -2.35. The maximum absolute atomic E-state index is 10.3. The normalized spacial score (nSPS) is 18.7. The zero-order valence-corrected chi connectivity index (χ0v) is 18.3. The topological polar surface area (TPSA) is 90.2 Å². The predicted octanol–water partition coefficient (Wildman–Crippen LogP) is 3.66. The van der Waals surface area contributed by atoms with Crippen LogP contribution in [0.5, 0.6) is 0 Å². The standard InChI is InChI=1S/C22H46O5/c1-5-13-21(3,17-23)19(25)11-7-9-15-27-16-10-8-12-20(26)22(4,18-24)14-6-2/h19-20,23-26H,5-18H2,1-4H3. The molecule has 0 fully saturated rings. The summed E-state index contributed by atoms with van der Waals surface area (Å²) in [6, 6.07) is 0. The van der Waals surface area contributed by atoms with Gasteiger partial charge in [0.1, 0.15) is 0 Å². The van der Waals surface area contributed by atoms with Gasteiger partial charge in [0.15, 0.2) is 0 Å². The van der Waals surface area contributed by atoms with E-state index in [9.17, 15) is 20.4 Å². The zero-order chi connectivity index (χ0) is 20.8. The van der Waals surface area contributed by atoms with E-state index in [4.69, 9.17) is 4.74 Å². The van der Waals surface area contributed by atoms with Gasteiger partial charge in [0.25, 0.3) is 0 Å². The fourth-order valence-electron chi connectivity index (χ4n) is 3.73. The summed E-state index contributed by atoms with van der Waals surface area (Å²) in [5.41, 5.74) is -0.783. The largest absolute Gasteiger partial charge is 0.396 e. The van der Waals surface area contributed by atoms with Gasteiger partial charge >= 0.3 is 0 Å². The molecule has 0 aliphatic carbocycles. The molecule has 0 saturated carbocycles. The smallest absolute Gasteiger partial charge is 0.0615 e. The Morgan fingerprint density at radius 2 is 1.07 bits per heavy atom. The highest BCUT2D eigenvalue weighted by Gasteiger charge is 2.31. The number of aliphatic hydroxyl groups is 4. The van der Waals surface area contributed by atoms with Gasteiger partial charge in [0.05, 0.1) is 25.4 Å². The van der Waals surface area contributed by atoms with Gasteiger partial charge in [0, 0.05) is 24.0 Å². The minimum Gasteiger partial charge on any atom is -0.396 e. The third-order valence-corrected chi connectivity index (χ3v) is 6.01. The molecule has 0 aromatic carbocycles. The van der Waals surface area contributed by atoms with Crippen molar-refractivity contribution in [3.8, 4) is 0 Å². The number of hydrogen-bond acceptors (Lipinski definition) is 5. The van der Waals surface area contributed by atoms with Gasteiger partial charge in [-0.1, -0.05) is 40.5 Å². The lowest BCUT2D eigenvalue weighted by Gasteiger charge is -2.32. The molecule has 4 N–H and O–H groups in total. The van der Waals surface area contributed by atoms with Crippen LogP contribution >= 0.6 is 0 Å². The lowest BCUT2D eigenvalue weighted by molar-refractivity contribution is -0.0192. The van der Waals surface area contributed by atoms with Gasteiger partial charge in [-0.3, -0.25) is 0 Å². The number of rotatable bonds is 18. The molecule has 0 heterocycles. The summed E-state index contributed by atoms with van der Waals surface area (Å²) in [6.07, 6.45) is 7.66. The molecule has 0 aromatic rings. The molecule has 0 saturated heterocycles. The Balaban J connectivity index is 3.76. The summed E-state index contributed by atoms with van der Waals surface area (Å²) < 4.78 is 5.65. The molecule has 5 heteroatoms. The van der Waals surface area contributed by atoms with Crippen LogP contribution in [0.2, 0.25) is 0 Å². The maximum Gasteiger partial charge on any atom is 0.0615 e. The van der Waals surface area contributed by atoms with Crippen LogP contribution in [0.25, 0.3) is 0 Å². The molecular weight excluding hydrogens is 344 g/mol. The van der Waals surface area contributed by atoms with Crippen molar-refractivity contribution in [3.63, 3.8) is 0 Å². The van der Waals surface area contributed by atoms with Crippen LogP contribution in [0.4, 0.5) is 0 Å². The van der Waals surface area contributed by atoms with Gasteiger partial charge in [-0.15, -0.1) is 0 Å². The van der Waals surface area contributed by atoms with E-state index in [1.54, 1.807) is 0 Å². The molecule has 0 spiro atoms. The van der Waals surface area contributed by atoms with Crippen molar-refractivity contribution in [2.75, 3.05) is 26.4 Å². The molecule has 0 aliphatic heterocycles. The van der Waals surface area contributed by atoms with Crippen molar-refractivity contribution in [2.45, 2.75) is 104 Å². The second kappa shape index (κ2) is 14.7. The van der Waals surface area contributed by atoms with Crippen LogP contribution < -0.4 is 0 Å². The van der Waals surface area contributed by atoms with Crippen molar-refractivity contribution in [1.29, 1.82) is 0 Å². The van der Waals surface area contributed by atoms with E-state index in [1.165, 1.54) is 0 Å². The number of unbranched alkanes of at least 4 members (excludes halogenated alkanes) is 2. The molecule has 27 heavy (non-hydrogen) atoms. The molecule has 0 amide bonds. The van der Waals surface area contributed by atoms with E-state index in [0.29, 0.717) is 26.1 Å². The Labute approximate surface area is 167 Å². The van der Waals surface area contributed by atoms with Gasteiger partial charge in [-0.05, 0) is 51.4 Å². The summed E-state index contributed by atoms with van der Waals surface area (Å²) in [5, 5.41) is 39.7. The number of aliphatic hydroxyl groups excluding tert-OH is 4. The Morgan fingerprint density at radius 1 is 0.704 bits per heavy atom. The first-order valence-electron chi connectivity index (χ1n) is 10.9. The van der Waals surface area contributed by atoms with Crippen LogP contribution in [0.15, 0.2) is 0 Å². The first kappa shape index (κ1) is 26.8. The van der Waals surface area contributed by atoms with Crippen molar-refractivity contribution in [1.82, 2.24) is 0 Å². The van der Waals surface area contributed by atoms with E-state index in [1.807, 2.05) is 13.8 Å². The van der Waals surface area contributed by atoms with Crippen LogP contribution in [0.3, 0.4) is 0 Å². The summed E-state index contributed by atoms with van der Waals surface area (Å²) in [7, 11) is 0. The van der Waals surface area contributed by atoms with Crippen LogP contribution in [-0.2, 0) is 4.74 Å². The predicted molar refractivity (Wildman–Crippen MR) is 111 cm³/mol. The second-order valence-electron chi connectivity index (χ2n) is 8.76. The Bertz CT molecular complexity index is 320. The fraction of sp³-hybridized carbons (Fsp3) is 1.00. The van der Waals surface area contributed by atoms with Gasteiger partial charge in [-0.2, -0.15) is 0 Å². The molecule has 0 aliphatic rings. The van der Waals surface area contributed by atoms with E-state index in [-0.39, 0.29) is 13.2 Å². The molecule has 5 nitrogen and oxygen atoms in total. The second-order valence-corrected chi connectivity index (χ2v) is 8.76. The fourth-order valence-corrected chi connectivity index (χ4v) is 3.73.